The van der Waals surface area contributed by atoms with Crippen molar-refractivity contribution in [2.24, 2.45) is 11.7 Å². The molecule has 0 radical (unpaired) electrons. The smallest absolute Gasteiger partial charge is 0.370 e. The molecule has 1 heterocycles. The molecule has 9 N–H and O–H groups in total. The quantitative estimate of drug-likeness (QED) is 0.170. The van der Waals surface area contributed by atoms with Crippen molar-refractivity contribution in [2.45, 2.75) is 24.4 Å². The van der Waals surface area contributed by atoms with Crippen molar-refractivity contribution in [1.82, 2.24) is 5.32 Å². The molecule has 0 bridgehead atoms. The molecule has 1 aliphatic heterocycles. The van der Waals surface area contributed by atoms with Crippen LogP contribution in [0.5, 0.6) is 0 Å². The molecule has 0 saturated carbocycles. The summed E-state index contributed by atoms with van der Waals surface area (Å²) in [6, 6.07) is -0.863. The van der Waals surface area contributed by atoms with Gasteiger partial charge in [0.25, 0.3) is 0 Å². The van der Waals surface area contributed by atoms with Gasteiger partial charge in [-0.05, 0) is 6.08 Å². The molecule has 5 atom stereocenters. The maximum absolute atomic E-state index is 11.1. The molecule has 130 valence electrons. The van der Waals surface area contributed by atoms with Crippen molar-refractivity contribution in [3.05, 3.63) is 11.8 Å². The molecule has 0 spiro atoms. The summed E-state index contributed by atoms with van der Waals surface area (Å²) in [5.74, 6) is -3.17. The fourth-order valence-electron chi connectivity index (χ4n) is 2.22. The molecule has 0 saturated heterocycles. The predicted molar refractivity (Wildman–Crippen MR) is 76.8 cm³/mol. The SMILES string of the molecule is N=COCC1[C@@H](NC(=N)N)C=C(C(=O)O)O[C@H]1[C@H](O)[C@H](O)CO. The van der Waals surface area contributed by atoms with Gasteiger partial charge in [0.1, 0.15) is 18.3 Å². The van der Waals surface area contributed by atoms with Crippen molar-refractivity contribution in [2.75, 3.05) is 13.2 Å². The van der Waals surface area contributed by atoms with Gasteiger partial charge in [0.15, 0.2) is 12.4 Å². The summed E-state index contributed by atoms with van der Waals surface area (Å²) in [5.41, 5.74) is 5.26. The van der Waals surface area contributed by atoms with Crippen LogP contribution in [0.3, 0.4) is 0 Å². The molecule has 0 aromatic rings. The zero-order chi connectivity index (χ0) is 17.6. The summed E-state index contributed by atoms with van der Waals surface area (Å²) in [6.45, 7) is -0.951. The second-order valence-electron chi connectivity index (χ2n) is 4.86. The zero-order valence-corrected chi connectivity index (χ0v) is 12.0. The van der Waals surface area contributed by atoms with Crippen LogP contribution in [0.2, 0.25) is 0 Å². The Morgan fingerprint density at radius 2 is 2.22 bits per heavy atom. The average molecular weight is 332 g/mol. The van der Waals surface area contributed by atoms with E-state index < -0.39 is 54.6 Å². The molecule has 11 heteroatoms. The van der Waals surface area contributed by atoms with E-state index in [0.717, 1.165) is 6.08 Å². The Morgan fingerprint density at radius 1 is 1.57 bits per heavy atom. The lowest BCUT2D eigenvalue weighted by atomic mass is 9.86. The van der Waals surface area contributed by atoms with Gasteiger partial charge in [0.05, 0.1) is 25.2 Å². The molecule has 0 fully saturated rings. The maximum atomic E-state index is 11.1. The van der Waals surface area contributed by atoms with Gasteiger partial charge in [0.2, 0.25) is 5.76 Å². The van der Waals surface area contributed by atoms with Crippen molar-refractivity contribution in [3.8, 4) is 0 Å². The van der Waals surface area contributed by atoms with Gasteiger partial charge in [-0.1, -0.05) is 0 Å². The van der Waals surface area contributed by atoms with Crippen molar-refractivity contribution < 1.29 is 34.7 Å². The Labute approximate surface area is 131 Å². The zero-order valence-electron chi connectivity index (χ0n) is 12.0. The first-order valence-electron chi connectivity index (χ1n) is 6.61. The van der Waals surface area contributed by atoms with Gasteiger partial charge in [-0.3, -0.25) is 10.8 Å². The number of hydrogen-bond acceptors (Lipinski definition) is 8. The molecule has 11 nitrogen and oxygen atoms in total. The normalized spacial score (nSPS) is 26.2. The van der Waals surface area contributed by atoms with Crippen LogP contribution >= 0.6 is 0 Å². The summed E-state index contributed by atoms with van der Waals surface area (Å²) in [5, 5.41) is 54.4. The Balaban J connectivity index is 3.16. The van der Waals surface area contributed by atoms with Crippen LogP contribution in [-0.2, 0) is 14.3 Å². The maximum Gasteiger partial charge on any atom is 0.370 e. The summed E-state index contributed by atoms with van der Waals surface area (Å²) >= 11 is 0. The number of carbonyl (C=O) groups is 1. The molecule has 1 aliphatic rings. The van der Waals surface area contributed by atoms with E-state index in [1.165, 1.54) is 0 Å². The van der Waals surface area contributed by atoms with Crippen LogP contribution in [0.15, 0.2) is 11.8 Å². The number of aliphatic hydroxyl groups excluding tert-OH is 3. The third-order valence-electron chi connectivity index (χ3n) is 3.30. The first kappa shape index (κ1) is 18.7. The highest BCUT2D eigenvalue weighted by molar-refractivity contribution is 5.85. The topological polar surface area (TPSA) is 202 Å². The Morgan fingerprint density at radius 3 is 2.70 bits per heavy atom. The second-order valence-corrected chi connectivity index (χ2v) is 4.86. The minimum absolute atomic E-state index is 0.183. The lowest BCUT2D eigenvalue weighted by Gasteiger charge is -2.39. The predicted octanol–water partition coefficient (Wildman–Crippen LogP) is -2.84. The Bertz CT molecular complexity index is 484. The highest BCUT2D eigenvalue weighted by Crippen LogP contribution is 2.28. The summed E-state index contributed by atoms with van der Waals surface area (Å²) in [6.07, 6.45) is -2.68. The van der Waals surface area contributed by atoms with E-state index in [2.05, 4.69) is 5.32 Å². The second kappa shape index (κ2) is 8.31. The number of guanidine groups is 1. The van der Waals surface area contributed by atoms with Gasteiger partial charge in [0, 0.05) is 0 Å². The van der Waals surface area contributed by atoms with Crippen LogP contribution in [0, 0.1) is 16.7 Å². The van der Waals surface area contributed by atoms with E-state index in [1.807, 2.05) is 0 Å². The van der Waals surface area contributed by atoms with Crippen LogP contribution < -0.4 is 11.1 Å². The average Bonchev–Trinajstić information content (AvgIpc) is 2.50. The molecule has 1 rings (SSSR count). The molecule has 23 heavy (non-hydrogen) atoms. The minimum Gasteiger partial charge on any atom is -0.483 e. The van der Waals surface area contributed by atoms with Crippen LogP contribution in [0.4, 0.5) is 0 Å². The number of nitrogens with one attached hydrogen (secondary N) is 3. The van der Waals surface area contributed by atoms with E-state index in [4.69, 9.17) is 36.2 Å². The fraction of sp³-hybridized carbons (Fsp3) is 0.583. The third kappa shape index (κ3) is 4.81. The van der Waals surface area contributed by atoms with Crippen molar-refractivity contribution in [1.29, 1.82) is 10.8 Å². The Hall–Kier alpha value is -2.37. The lowest BCUT2D eigenvalue weighted by Crippen LogP contribution is -2.56. The van der Waals surface area contributed by atoms with Crippen LogP contribution in [0.1, 0.15) is 0 Å². The standard InChI is InChI=1S/C12H20N4O7/c13-4-22-3-5-6(16-12(14)15)1-8(11(20)21)23-10(5)9(19)7(18)2-17/h1,4-7,9-10,13,17-19H,2-3H2,(H,20,21)(H4,14,15,16)/t5?,6-,7+,9+,10+/m0/s1. The van der Waals surface area contributed by atoms with E-state index in [9.17, 15) is 15.0 Å². The van der Waals surface area contributed by atoms with E-state index >= 15 is 0 Å². The van der Waals surface area contributed by atoms with Crippen molar-refractivity contribution in [3.63, 3.8) is 0 Å². The molecule has 0 amide bonds. The summed E-state index contributed by atoms with van der Waals surface area (Å²) in [7, 11) is 0. The first-order valence-corrected chi connectivity index (χ1v) is 6.61. The number of aliphatic hydroxyl groups is 3. The van der Waals surface area contributed by atoms with E-state index in [0.29, 0.717) is 6.40 Å². The van der Waals surface area contributed by atoms with E-state index in [1.54, 1.807) is 0 Å². The van der Waals surface area contributed by atoms with Gasteiger partial charge in [-0.2, -0.15) is 0 Å². The summed E-state index contributed by atoms with van der Waals surface area (Å²) < 4.78 is 10.0. The molecule has 0 aliphatic carbocycles. The summed E-state index contributed by atoms with van der Waals surface area (Å²) in [4.78, 5) is 11.1. The molecule has 0 aromatic heterocycles. The third-order valence-corrected chi connectivity index (χ3v) is 3.30. The van der Waals surface area contributed by atoms with Gasteiger partial charge < -0.3 is 41.0 Å². The monoisotopic (exact) mass is 332 g/mol. The van der Waals surface area contributed by atoms with Gasteiger partial charge in [-0.25, -0.2) is 4.79 Å². The van der Waals surface area contributed by atoms with E-state index in [-0.39, 0.29) is 6.61 Å². The number of carboxylic acids is 1. The van der Waals surface area contributed by atoms with Crippen LogP contribution in [0.25, 0.3) is 0 Å². The Kier molecular flexibility index (Phi) is 6.75. The lowest BCUT2D eigenvalue weighted by molar-refractivity contribution is -0.149. The molecular weight excluding hydrogens is 312 g/mol. The van der Waals surface area contributed by atoms with Crippen LogP contribution in [-0.4, -0.2) is 76.3 Å². The highest BCUT2D eigenvalue weighted by Gasteiger charge is 2.43. The number of aliphatic carboxylic acids is 1. The minimum atomic E-state index is -1.63. The fourth-order valence-corrected chi connectivity index (χ4v) is 2.22. The first-order chi connectivity index (χ1) is 10.8. The van der Waals surface area contributed by atoms with Gasteiger partial charge in [-0.15, -0.1) is 0 Å². The number of ether oxygens (including phenoxy) is 2. The number of carboxylic acid groups (broad SMARTS) is 1. The number of nitrogens with two attached hydrogens (primary N) is 1. The molecule has 0 aromatic carbocycles. The number of rotatable bonds is 8. The highest BCUT2D eigenvalue weighted by atomic mass is 16.5. The number of hydrogen-bond donors (Lipinski definition) is 8. The largest absolute Gasteiger partial charge is 0.483 e. The molecule has 1 unspecified atom stereocenters. The molecular formula is C12H20N4O7. The van der Waals surface area contributed by atoms with Gasteiger partial charge >= 0.3 is 5.97 Å². The van der Waals surface area contributed by atoms with Crippen molar-refractivity contribution >= 4 is 18.3 Å².